The van der Waals surface area contributed by atoms with Gasteiger partial charge in [-0.2, -0.15) is 0 Å². The van der Waals surface area contributed by atoms with Gasteiger partial charge in [-0.1, -0.05) is 32.6 Å². The lowest BCUT2D eigenvalue weighted by atomic mass is 10.1. The van der Waals surface area contributed by atoms with Gasteiger partial charge in [0.2, 0.25) is 5.95 Å². The molecule has 2 N–H and O–H groups in total. The highest BCUT2D eigenvalue weighted by molar-refractivity contribution is 5.86. The summed E-state index contributed by atoms with van der Waals surface area (Å²) in [6.07, 6.45) is 8.70. The first-order valence-corrected chi connectivity index (χ1v) is 6.03. The molecular formula is C12H19N3O2. The smallest absolute Gasteiger partial charge is 0.338 e. The number of rotatable bonds is 8. The van der Waals surface area contributed by atoms with Crippen molar-refractivity contribution in [1.29, 1.82) is 0 Å². The molecule has 0 aromatic carbocycles. The largest absolute Gasteiger partial charge is 0.478 e. The maximum absolute atomic E-state index is 10.6. The molecule has 5 nitrogen and oxygen atoms in total. The van der Waals surface area contributed by atoms with E-state index in [-0.39, 0.29) is 5.56 Å². The number of anilines is 1. The Labute approximate surface area is 101 Å². The molecule has 94 valence electrons. The van der Waals surface area contributed by atoms with Crippen LogP contribution in [0.2, 0.25) is 0 Å². The van der Waals surface area contributed by atoms with Crippen LogP contribution in [0.15, 0.2) is 12.4 Å². The lowest BCUT2D eigenvalue weighted by Gasteiger charge is -2.04. The summed E-state index contributed by atoms with van der Waals surface area (Å²) in [6.45, 7) is 3.02. The molecule has 0 fully saturated rings. The zero-order chi connectivity index (χ0) is 12.5. The average molecular weight is 237 g/mol. The van der Waals surface area contributed by atoms with Crippen molar-refractivity contribution in [3.8, 4) is 0 Å². The third kappa shape index (κ3) is 5.29. The van der Waals surface area contributed by atoms with E-state index in [0.29, 0.717) is 5.95 Å². The molecule has 5 heteroatoms. The van der Waals surface area contributed by atoms with E-state index in [1.807, 2.05) is 0 Å². The number of unbranched alkanes of at least 4 members (excludes halogenated alkanes) is 4. The molecule has 0 amide bonds. The van der Waals surface area contributed by atoms with E-state index in [2.05, 4.69) is 22.2 Å². The van der Waals surface area contributed by atoms with Gasteiger partial charge >= 0.3 is 5.97 Å². The van der Waals surface area contributed by atoms with Crippen LogP contribution in [0, 0.1) is 0 Å². The normalized spacial score (nSPS) is 10.2. The number of carboxylic acids is 1. The Kier molecular flexibility index (Phi) is 5.99. The van der Waals surface area contributed by atoms with Gasteiger partial charge in [0.05, 0.1) is 5.56 Å². The summed E-state index contributed by atoms with van der Waals surface area (Å²) in [6, 6.07) is 0. The van der Waals surface area contributed by atoms with Crippen LogP contribution in [0.5, 0.6) is 0 Å². The van der Waals surface area contributed by atoms with Gasteiger partial charge in [-0.15, -0.1) is 0 Å². The molecule has 1 aromatic heterocycles. The number of hydrogen-bond donors (Lipinski definition) is 2. The monoisotopic (exact) mass is 237 g/mol. The molecule has 0 saturated carbocycles. The minimum Gasteiger partial charge on any atom is -0.478 e. The molecule has 0 bridgehead atoms. The molecule has 0 aliphatic rings. The highest BCUT2D eigenvalue weighted by Crippen LogP contribution is 2.04. The quantitative estimate of drug-likeness (QED) is 0.679. The lowest BCUT2D eigenvalue weighted by Crippen LogP contribution is -2.07. The lowest BCUT2D eigenvalue weighted by molar-refractivity contribution is 0.0696. The first kappa shape index (κ1) is 13.4. The molecule has 0 unspecified atom stereocenters. The van der Waals surface area contributed by atoms with Crippen molar-refractivity contribution < 1.29 is 9.90 Å². The highest BCUT2D eigenvalue weighted by atomic mass is 16.4. The standard InChI is InChI=1S/C12H19N3O2/c1-2-3-4-5-6-7-13-12-14-8-10(9-15-12)11(16)17/h8-9H,2-7H2,1H3,(H,16,17)(H,13,14,15). The second kappa shape index (κ2) is 7.60. The van der Waals surface area contributed by atoms with Crippen LogP contribution >= 0.6 is 0 Å². The van der Waals surface area contributed by atoms with Crippen molar-refractivity contribution in [1.82, 2.24) is 9.97 Å². The van der Waals surface area contributed by atoms with Crippen LogP contribution in [0.3, 0.4) is 0 Å². The van der Waals surface area contributed by atoms with E-state index in [1.165, 1.54) is 38.1 Å². The van der Waals surface area contributed by atoms with Crippen molar-refractivity contribution in [3.05, 3.63) is 18.0 Å². The fraction of sp³-hybridized carbons (Fsp3) is 0.583. The zero-order valence-corrected chi connectivity index (χ0v) is 10.1. The molecule has 0 saturated heterocycles. The molecule has 1 aromatic rings. The second-order valence-corrected chi connectivity index (χ2v) is 3.94. The molecule has 0 radical (unpaired) electrons. The first-order valence-electron chi connectivity index (χ1n) is 6.03. The highest BCUT2D eigenvalue weighted by Gasteiger charge is 2.03. The summed E-state index contributed by atoms with van der Waals surface area (Å²) in [5, 5.41) is 11.7. The van der Waals surface area contributed by atoms with Gasteiger partial charge in [0, 0.05) is 18.9 Å². The van der Waals surface area contributed by atoms with E-state index >= 15 is 0 Å². The van der Waals surface area contributed by atoms with E-state index in [4.69, 9.17) is 5.11 Å². The third-order valence-corrected chi connectivity index (χ3v) is 2.46. The Morgan fingerprint density at radius 2 is 1.88 bits per heavy atom. The number of aromatic carboxylic acids is 1. The SMILES string of the molecule is CCCCCCCNc1ncc(C(=O)O)cn1. The fourth-order valence-electron chi connectivity index (χ4n) is 1.46. The Bertz CT molecular complexity index is 338. The van der Waals surface area contributed by atoms with Gasteiger partial charge in [0.15, 0.2) is 0 Å². The number of nitrogens with one attached hydrogen (secondary N) is 1. The molecule has 17 heavy (non-hydrogen) atoms. The summed E-state index contributed by atoms with van der Waals surface area (Å²) in [7, 11) is 0. The molecule has 0 spiro atoms. The van der Waals surface area contributed by atoms with Crippen molar-refractivity contribution in [2.24, 2.45) is 0 Å². The first-order chi connectivity index (χ1) is 8.24. The molecule has 0 atom stereocenters. The number of nitrogens with zero attached hydrogens (tertiary/aromatic N) is 2. The molecule has 0 aliphatic heterocycles. The molecule has 1 rings (SSSR count). The van der Waals surface area contributed by atoms with Crippen LogP contribution in [0.1, 0.15) is 49.4 Å². The Balaban J connectivity index is 2.21. The minimum absolute atomic E-state index is 0.110. The maximum Gasteiger partial charge on any atom is 0.338 e. The van der Waals surface area contributed by atoms with Crippen LogP contribution in [-0.2, 0) is 0 Å². The van der Waals surface area contributed by atoms with Gasteiger partial charge in [-0.05, 0) is 6.42 Å². The predicted octanol–water partition coefficient (Wildman–Crippen LogP) is 2.56. The summed E-state index contributed by atoms with van der Waals surface area (Å²) in [5.74, 6) is -0.512. The van der Waals surface area contributed by atoms with E-state index in [0.717, 1.165) is 13.0 Å². The van der Waals surface area contributed by atoms with Crippen molar-refractivity contribution in [2.45, 2.75) is 39.0 Å². The molecule has 0 aliphatic carbocycles. The van der Waals surface area contributed by atoms with Crippen LogP contribution in [0.4, 0.5) is 5.95 Å². The zero-order valence-electron chi connectivity index (χ0n) is 10.1. The van der Waals surface area contributed by atoms with Gasteiger partial charge in [0.1, 0.15) is 0 Å². The van der Waals surface area contributed by atoms with E-state index < -0.39 is 5.97 Å². The molecular weight excluding hydrogens is 218 g/mol. The van der Waals surface area contributed by atoms with Crippen molar-refractivity contribution in [2.75, 3.05) is 11.9 Å². The number of hydrogen-bond acceptors (Lipinski definition) is 4. The predicted molar refractivity (Wildman–Crippen MR) is 66.2 cm³/mol. The van der Waals surface area contributed by atoms with Crippen LogP contribution < -0.4 is 5.32 Å². The van der Waals surface area contributed by atoms with E-state index in [1.54, 1.807) is 0 Å². The minimum atomic E-state index is -1.00. The fourth-order valence-corrected chi connectivity index (χ4v) is 1.46. The van der Waals surface area contributed by atoms with Crippen molar-refractivity contribution >= 4 is 11.9 Å². The topological polar surface area (TPSA) is 75.1 Å². The van der Waals surface area contributed by atoms with Gasteiger partial charge in [-0.25, -0.2) is 14.8 Å². The number of carboxylic acid groups (broad SMARTS) is 1. The summed E-state index contributed by atoms with van der Waals surface area (Å²) >= 11 is 0. The third-order valence-electron chi connectivity index (χ3n) is 2.46. The van der Waals surface area contributed by atoms with Gasteiger partial charge in [0.25, 0.3) is 0 Å². The average Bonchev–Trinajstić information content (AvgIpc) is 2.34. The number of carbonyl (C=O) groups is 1. The Morgan fingerprint density at radius 1 is 1.24 bits per heavy atom. The van der Waals surface area contributed by atoms with Crippen LogP contribution in [-0.4, -0.2) is 27.6 Å². The van der Waals surface area contributed by atoms with Crippen LogP contribution in [0.25, 0.3) is 0 Å². The van der Waals surface area contributed by atoms with Crippen molar-refractivity contribution in [3.63, 3.8) is 0 Å². The van der Waals surface area contributed by atoms with Gasteiger partial charge in [-0.3, -0.25) is 0 Å². The summed E-state index contributed by atoms with van der Waals surface area (Å²) < 4.78 is 0. The second-order valence-electron chi connectivity index (χ2n) is 3.94. The maximum atomic E-state index is 10.6. The Morgan fingerprint density at radius 3 is 2.47 bits per heavy atom. The van der Waals surface area contributed by atoms with Gasteiger partial charge < -0.3 is 10.4 Å². The van der Waals surface area contributed by atoms with E-state index in [9.17, 15) is 4.79 Å². The summed E-state index contributed by atoms with van der Waals surface area (Å²) in [5.41, 5.74) is 0.110. The number of aromatic nitrogens is 2. The molecule has 1 heterocycles. The Hall–Kier alpha value is -1.65. The summed E-state index contributed by atoms with van der Waals surface area (Å²) in [4.78, 5) is 18.4.